The molecule has 0 aliphatic carbocycles. The second-order valence-corrected chi connectivity index (χ2v) is 3.34. The summed E-state index contributed by atoms with van der Waals surface area (Å²) in [5, 5.41) is 0. The number of ketones is 1. The number of carbonyl (C=O) groups is 1. The van der Waals surface area contributed by atoms with E-state index in [1.165, 1.54) is 0 Å². The minimum atomic E-state index is 0.302. The Kier molecular flexibility index (Phi) is 4.11. The van der Waals surface area contributed by atoms with Crippen molar-refractivity contribution < 1.29 is 4.79 Å². The van der Waals surface area contributed by atoms with Crippen LogP contribution in [-0.4, -0.2) is 10.8 Å². The molecule has 0 saturated carbocycles. The van der Waals surface area contributed by atoms with E-state index in [9.17, 15) is 4.79 Å². The smallest absolute Gasteiger partial charge is 0.133 e. The third-order valence-corrected chi connectivity index (χ3v) is 2.13. The Morgan fingerprint density at radius 3 is 2.93 bits per heavy atom. The van der Waals surface area contributed by atoms with E-state index in [1.54, 1.807) is 6.20 Å². The number of nitrogen functional groups attached to an aromatic ring is 1. The Balaban J connectivity index is 2.46. The maximum Gasteiger partial charge on any atom is 0.133 e. The zero-order valence-electron chi connectivity index (χ0n) is 8.49. The van der Waals surface area contributed by atoms with Crippen molar-refractivity contribution in [1.29, 1.82) is 0 Å². The Hall–Kier alpha value is -1.38. The first-order chi connectivity index (χ1) is 6.74. The summed E-state index contributed by atoms with van der Waals surface area (Å²) in [6.45, 7) is 2.01. The lowest BCUT2D eigenvalue weighted by Crippen LogP contribution is -2.02. The molecule has 2 N–H and O–H groups in total. The van der Waals surface area contributed by atoms with Crippen LogP contribution in [0.1, 0.15) is 31.7 Å². The van der Waals surface area contributed by atoms with Crippen molar-refractivity contribution in [3.63, 3.8) is 0 Å². The minimum Gasteiger partial charge on any atom is -0.383 e. The Labute approximate surface area is 84.3 Å². The van der Waals surface area contributed by atoms with Crippen molar-refractivity contribution in [3.05, 3.63) is 23.9 Å². The van der Waals surface area contributed by atoms with Crippen LogP contribution in [0.4, 0.5) is 5.82 Å². The zero-order valence-corrected chi connectivity index (χ0v) is 8.49. The monoisotopic (exact) mass is 192 g/mol. The van der Waals surface area contributed by atoms with Gasteiger partial charge in [-0.1, -0.05) is 13.0 Å². The first kappa shape index (κ1) is 10.7. The predicted molar refractivity (Wildman–Crippen MR) is 56.9 cm³/mol. The number of anilines is 1. The average Bonchev–Trinajstić information content (AvgIpc) is 2.17. The van der Waals surface area contributed by atoms with Gasteiger partial charge in [0.15, 0.2) is 0 Å². The summed E-state index contributed by atoms with van der Waals surface area (Å²) < 4.78 is 0. The lowest BCUT2D eigenvalue weighted by Gasteiger charge is -2.02. The zero-order chi connectivity index (χ0) is 10.4. The van der Waals surface area contributed by atoms with E-state index in [-0.39, 0.29) is 0 Å². The van der Waals surface area contributed by atoms with Gasteiger partial charge in [0.05, 0.1) is 0 Å². The first-order valence-corrected chi connectivity index (χ1v) is 4.95. The van der Waals surface area contributed by atoms with E-state index in [0.717, 1.165) is 12.0 Å². The molecule has 0 spiro atoms. The number of rotatable bonds is 5. The third-order valence-electron chi connectivity index (χ3n) is 2.13. The standard InChI is InChI=1S/C11H16N2O/c1-2-4-10(14)7-6-9-5-3-8-13-11(9)12/h3,5,8H,2,4,6-7H2,1H3,(H2,12,13). The molecule has 0 aromatic carbocycles. The maximum absolute atomic E-state index is 11.3. The molecule has 0 unspecified atom stereocenters. The van der Waals surface area contributed by atoms with Gasteiger partial charge in [0.1, 0.15) is 11.6 Å². The lowest BCUT2D eigenvalue weighted by molar-refractivity contribution is -0.119. The molecular formula is C11H16N2O. The topological polar surface area (TPSA) is 56.0 Å². The summed E-state index contributed by atoms with van der Waals surface area (Å²) in [5.41, 5.74) is 6.63. The summed E-state index contributed by atoms with van der Waals surface area (Å²) in [6, 6.07) is 3.76. The van der Waals surface area contributed by atoms with Crippen molar-refractivity contribution in [1.82, 2.24) is 4.98 Å². The van der Waals surface area contributed by atoms with Crippen molar-refractivity contribution in [3.8, 4) is 0 Å². The fourth-order valence-electron chi connectivity index (χ4n) is 1.34. The van der Waals surface area contributed by atoms with Gasteiger partial charge in [-0.25, -0.2) is 4.98 Å². The van der Waals surface area contributed by atoms with Gasteiger partial charge in [-0.15, -0.1) is 0 Å². The van der Waals surface area contributed by atoms with E-state index < -0.39 is 0 Å². The lowest BCUT2D eigenvalue weighted by atomic mass is 10.1. The quantitative estimate of drug-likeness (QED) is 0.776. The van der Waals surface area contributed by atoms with E-state index >= 15 is 0 Å². The van der Waals surface area contributed by atoms with Crippen LogP contribution in [0.2, 0.25) is 0 Å². The van der Waals surface area contributed by atoms with E-state index in [0.29, 0.717) is 30.9 Å². The Morgan fingerprint density at radius 1 is 1.50 bits per heavy atom. The predicted octanol–water partition coefficient (Wildman–Crippen LogP) is 1.97. The molecule has 0 saturated heterocycles. The molecule has 1 heterocycles. The number of Topliss-reactive ketones (excluding diaryl/α,β-unsaturated/α-hetero) is 1. The molecule has 0 bridgehead atoms. The third kappa shape index (κ3) is 3.17. The molecule has 3 heteroatoms. The number of nitrogens with two attached hydrogens (primary N) is 1. The van der Waals surface area contributed by atoms with Gasteiger partial charge in [-0.2, -0.15) is 0 Å². The van der Waals surface area contributed by atoms with Crippen molar-refractivity contribution >= 4 is 11.6 Å². The van der Waals surface area contributed by atoms with E-state index in [1.807, 2.05) is 19.1 Å². The number of aryl methyl sites for hydroxylation is 1. The van der Waals surface area contributed by atoms with Crippen molar-refractivity contribution in [2.24, 2.45) is 0 Å². The second kappa shape index (κ2) is 5.37. The SMILES string of the molecule is CCCC(=O)CCc1cccnc1N. The summed E-state index contributed by atoms with van der Waals surface area (Å²) in [6.07, 6.45) is 4.52. The fraction of sp³-hybridized carbons (Fsp3) is 0.455. The number of aromatic nitrogens is 1. The second-order valence-electron chi connectivity index (χ2n) is 3.34. The van der Waals surface area contributed by atoms with Crippen LogP contribution in [0.15, 0.2) is 18.3 Å². The number of hydrogen-bond acceptors (Lipinski definition) is 3. The highest BCUT2D eigenvalue weighted by atomic mass is 16.1. The fourth-order valence-corrected chi connectivity index (χ4v) is 1.34. The molecule has 76 valence electrons. The van der Waals surface area contributed by atoms with Gasteiger partial charge >= 0.3 is 0 Å². The molecule has 3 nitrogen and oxygen atoms in total. The number of carbonyl (C=O) groups excluding carboxylic acids is 1. The molecule has 1 aromatic heterocycles. The Morgan fingerprint density at radius 2 is 2.29 bits per heavy atom. The van der Waals surface area contributed by atoms with Crippen LogP contribution in [0.25, 0.3) is 0 Å². The van der Waals surface area contributed by atoms with Gasteiger partial charge in [0, 0.05) is 19.0 Å². The van der Waals surface area contributed by atoms with Gasteiger partial charge in [-0.05, 0) is 24.5 Å². The molecule has 14 heavy (non-hydrogen) atoms. The van der Waals surface area contributed by atoms with Gasteiger partial charge in [0.2, 0.25) is 0 Å². The van der Waals surface area contributed by atoms with Crippen LogP contribution in [0, 0.1) is 0 Å². The molecule has 1 rings (SSSR count). The average molecular weight is 192 g/mol. The van der Waals surface area contributed by atoms with Gasteiger partial charge in [-0.3, -0.25) is 4.79 Å². The number of pyridine rings is 1. The van der Waals surface area contributed by atoms with Crippen LogP contribution < -0.4 is 5.73 Å². The van der Waals surface area contributed by atoms with Gasteiger partial charge in [0.25, 0.3) is 0 Å². The van der Waals surface area contributed by atoms with Crippen molar-refractivity contribution in [2.45, 2.75) is 32.6 Å². The highest BCUT2D eigenvalue weighted by Crippen LogP contribution is 2.10. The van der Waals surface area contributed by atoms with E-state index in [4.69, 9.17) is 5.73 Å². The number of nitrogens with zero attached hydrogens (tertiary/aromatic N) is 1. The highest BCUT2D eigenvalue weighted by molar-refractivity contribution is 5.78. The highest BCUT2D eigenvalue weighted by Gasteiger charge is 2.03. The van der Waals surface area contributed by atoms with Crippen LogP contribution in [-0.2, 0) is 11.2 Å². The van der Waals surface area contributed by atoms with E-state index in [2.05, 4.69) is 4.98 Å². The minimum absolute atomic E-state index is 0.302. The summed E-state index contributed by atoms with van der Waals surface area (Å²) >= 11 is 0. The summed E-state index contributed by atoms with van der Waals surface area (Å²) in [5.74, 6) is 0.840. The largest absolute Gasteiger partial charge is 0.383 e. The molecule has 0 atom stereocenters. The summed E-state index contributed by atoms with van der Waals surface area (Å²) in [4.78, 5) is 15.2. The molecule has 0 fully saturated rings. The van der Waals surface area contributed by atoms with Crippen LogP contribution in [0.5, 0.6) is 0 Å². The molecule has 1 aromatic rings. The molecular weight excluding hydrogens is 176 g/mol. The molecule has 0 aliphatic rings. The van der Waals surface area contributed by atoms with Crippen LogP contribution in [0.3, 0.4) is 0 Å². The van der Waals surface area contributed by atoms with Gasteiger partial charge < -0.3 is 5.73 Å². The van der Waals surface area contributed by atoms with Crippen LogP contribution >= 0.6 is 0 Å². The van der Waals surface area contributed by atoms with Crippen molar-refractivity contribution in [2.75, 3.05) is 5.73 Å². The molecule has 0 aliphatic heterocycles. The molecule has 0 amide bonds. The number of hydrogen-bond donors (Lipinski definition) is 1. The maximum atomic E-state index is 11.3. The first-order valence-electron chi connectivity index (χ1n) is 4.95. The Bertz CT molecular complexity index is 310. The molecule has 0 radical (unpaired) electrons. The normalized spacial score (nSPS) is 10.1. The summed E-state index contributed by atoms with van der Waals surface area (Å²) in [7, 11) is 0.